The molecule has 1 saturated heterocycles. The quantitative estimate of drug-likeness (QED) is 0.758. The summed E-state index contributed by atoms with van der Waals surface area (Å²) in [6.45, 7) is 8.67. The predicted molar refractivity (Wildman–Crippen MR) is 111 cm³/mol. The summed E-state index contributed by atoms with van der Waals surface area (Å²) in [5, 5.41) is 16.4. The fraction of sp³-hybridized carbons (Fsp3) is 0.318. The van der Waals surface area contributed by atoms with Gasteiger partial charge in [-0.3, -0.25) is 10.00 Å². The Morgan fingerprint density at radius 2 is 1.71 bits per heavy atom. The summed E-state index contributed by atoms with van der Waals surface area (Å²) in [6.07, 6.45) is 1.89. The van der Waals surface area contributed by atoms with Crippen molar-refractivity contribution in [2.75, 3.05) is 31.1 Å². The van der Waals surface area contributed by atoms with Crippen LogP contribution in [0.15, 0.2) is 48.7 Å². The number of H-pyrrole nitrogens is 1. The molecule has 1 N–H and O–H groups in total. The maximum atomic E-state index is 8.92. The number of benzene rings is 1. The predicted octanol–water partition coefficient (Wildman–Crippen LogP) is 3.54. The number of rotatable bonds is 4. The van der Waals surface area contributed by atoms with Crippen LogP contribution in [0.3, 0.4) is 0 Å². The van der Waals surface area contributed by atoms with Gasteiger partial charge in [0, 0.05) is 44.0 Å². The molecule has 1 aliphatic rings. The first-order valence-corrected chi connectivity index (χ1v) is 9.65. The van der Waals surface area contributed by atoms with E-state index in [1.165, 1.54) is 0 Å². The number of aromatic nitrogens is 3. The number of aromatic amines is 1. The fourth-order valence-corrected chi connectivity index (χ4v) is 3.53. The van der Waals surface area contributed by atoms with Gasteiger partial charge in [-0.2, -0.15) is 10.4 Å². The third-order valence-electron chi connectivity index (χ3n) is 5.32. The number of piperazine rings is 1. The number of nitrogens with zero attached hydrogens (tertiary/aromatic N) is 5. The van der Waals surface area contributed by atoms with Gasteiger partial charge in [0.15, 0.2) is 0 Å². The van der Waals surface area contributed by atoms with Crippen LogP contribution in [0, 0.1) is 11.3 Å². The molecule has 0 saturated carbocycles. The van der Waals surface area contributed by atoms with Crippen molar-refractivity contribution in [1.29, 1.82) is 5.26 Å². The zero-order valence-electron chi connectivity index (χ0n) is 16.3. The van der Waals surface area contributed by atoms with Crippen molar-refractivity contribution in [3.05, 3.63) is 54.2 Å². The largest absolute Gasteiger partial charge is 0.354 e. The highest BCUT2D eigenvalue weighted by molar-refractivity contribution is 5.68. The normalized spacial score (nSPS) is 15.0. The minimum atomic E-state index is 0.599. The van der Waals surface area contributed by atoms with Gasteiger partial charge in [-0.05, 0) is 49.7 Å². The highest BCUT2D eigenvalue weighted by Crippen LogP contribution is 2.25. The summed E-state index contributed by atoms with van der Waals surface area (Å²) < 4.78 is 0. The average Bonchev–Trinajstić information content (AvgIpc) is 3.24. The average molecular weight is 372 g/mol. The molecule has 28 heavy (non-hydrogen) atoms. The summed E-state index contributed by atoms with van der Waals surface area (Å²) in [4.78, 5) is 9.51. The summed E-state index contributed by atoms with van der Waals surface area (Å²) in [7, 11) is 0. The summed E-state index contributed by atoms with van der Waals surface area (Å²) in [5.41, 5.74) is 4.43. The zero-order chi connectivity index (χ0) is 19.5. The number of anilines is 1. The number of hydrogen-bond donors (Lipinski definition) is 1. The molecule has 1 aromatic carbocycles. The third-order valence-corrected chi connectivity index (χ3v) is 5.32. The van der Waals surface area contributed by atoms with Crippen molar-refractivity contribution >= 4 is 5.82 Å². The summed E-state index contributed by atoms with van der Waals surface area (Å²) >= 11 is 0. The number of pyridine rings is 1. The molecule has 3 aromatic rings. The smallest absolute Gasteiger partial charge is 0.128 e. The number of nitrogens with one attached hydrogen (secondary N) is 1. The monoisotopic (exact) mass is 372 g/mol. The lowest BCUT2D eigenvalue weighted by Gasteiger charge is -2.37. The van der Waals surface area contributed by atoms with E-state index >= 15 is 0 Å². The first-order valence-electron chi connectivity index (χ1n) is 9.65. The van der Waals surface area contributed by atoms with Crippen LogP contribution in [0.25, 0.3) is 22.5 Å². The van der Waals surface area contributed by atoms with E-state index in [1.807, 2.05) is 36.5 Å². The van der Waals surface area contributed by atoms with Crippen molar-refractivity contribution in [1.82, 2.24) is 20.1 Å². The maximum absolute atomic E-state index is 8.92. The minimum Gasteiger partial charge on any atom is -0.354 e. The molecule has 142 valence electrons. The Morgan fingerprint density at radius 1 is 1.00 bits per heavy atom. The molecule has 0 bridgehead atoms. The van der Waals surface area contributed by atoms with Crippen molar-refractivity contribution < 1.29 is 0 Å². The second-order valence-electron chi connectivity index (χ2n) is 7.38. The molecule has 1 aliphatic heterocycles. The SMILES string of the molecule is CC(C)N1CCN(c2ccc(-c3cc(-c4ccc(C#N)cc4)[nH]n3)cn2)CC1. The number of nitriles is 1. The Morgan fingerprint density at radius 3 is 2.32 bits per heavy atom. The second kappa shape index (κ2) is 7.83. The zero-order valence-corrected chi connectivity index (χ0v) is 16.3. The Labute approximate surface area is 165 Å². The lowest BCUT2D eigenvalue weighted by Crippen LogP contribution is -2.49. The van der Waals surface area contributed by atoms with Crippen molar-refractivity contribution in [3.63, 3.8) is 0 Å². The van der Waals surface area contributed by atoms with Crippen LogP contribution in [-0.4, -0.2) is 52.3 Å². The van der Waals surface area contributed by atoms with Crippen LogP contribution < -0.4 is 4.90 Å². The van der Waals surface area contributed by atoms with E-state index < -0.39 is 0 Å². The molecule has 6 heteroatoms. The van der Waals surface area contributed by atoms with Crippen molar-refractivity contribution in [2.45, 2.75) is 19.9 Å². The van der Waals surface area contributed by atoms with E-state index in [9.17, 15) is 0 Å². The molecule has 0 atom stereocenters. The topological polar surface area (TPSA) is 71.8 Å². The summed E-state index contributed by atoms with van der Waals surface area (Å²) in [5.74, 6) is 1.02. The minimum absolute atomic E-state index is 0.599. The van der Waals surface area contributed by atoms with Crippen LogP contribution in [0.2, 0.25) is 0 Å². The van der Waals surface area contributed by atoms with Crippen LogP contribution in [0.4, 0.5) is 5.82 Å². The fourth-order valence-electron chi connectivity index (χ4n) is 3.53. The van der Waals surface area contributed by atoms with Gasteiger partial charge in [0.2, 0.25) is 0 Å². The highest BCUT2D eigenvalue weighted by atomic mass is 15.3. The Bertz CT molecular complexity index is 958. The molecule has 0 spiro atoms. The van der Waals surface area contributed by atoms with E-state index in [2.05, 4.69) is 57.0 Å². The molecule has 2 aromatic heterocycles. The first-order chi connectivity index (χ1) is 13.6. The van der Waals surface area contributed by atoms with E-state index in [1.54, 1.807) is 0 Å². The third kappa shape index (κ3) is 3.75. The van der Waals surface area contributed by atoms with Crippen LogP contribution in [-0.2, 0) is 0 Å². The lowest BCUT2D eigenvalue weighted by atomic mass is 10.1. The van der Waals surface area contributed by atoms with Crippen molar-refractivity contribution in [3.8, 4) is 28.6 Å². The molecular weight excluding hydrogens is 348 g/mol. The number of hydrogen-bond acceptors (Lipinski definition) is 5. The standard InChI is InChI=1S/C22H24N6/c1-16(2)27-9-11-28(12-10-27)22-8-7-19(15-24-22)21-13-20(25-26-21)18-5-3-17(14-23)4-6-18/h3-8,13,15-16H,9-12H2,1-2H3,(H,25,26). The van der Waals surface area contributed by atoms with Gasteiger partial charge in [-0.25, -0.2) is 4.98 Å². The van der Waals surface area contributed by atoms with E-state index in [0.717, 1.165) is 54.5 Å². The Balaban J connectivity index is 1.46. The molecule has 1 fully saturated rings. The molecule has 0 aliphatic carbocycles. The van der Waals surface area contributed by atoms with E-state index in [-0.39, 0.29) is 0 Å². The van der Waals surface area contributed by atoms with Crippen LogP contribution in [0.5, 0.6) is 0 Å². The van der Waals surface area contributed by atoms with Crippen LogP contribution in [0.1, 0.15) is 19.4 Å². The molecule has 6 nitrogen and oxygen atoms in total. The summed E-state index contributed by atoms with van der Waals surface area (Å²) in [6, 6.07) is 16.4. The highest BCUT2D eigenvalue weighted by Gasteiger charge is 2.19. The van der Waals surface area contributed by atoms with Gasteiger partial charge in [-0.1, -0.05) is 12.1 Å². The van der Waals surface area contributed by atoms with E-state index in [4.69, 9.17) is 5.26 Å². The van der Waals surface area contributed by atoms with Crippen LogP contribution >= 0.6 is 0 Å². The molecule has 0 amide bonds. The second-order valence-corrected chi connectivity index (χ2v) is 7.38. The first kappa shape index (κ1) is 18.2. The van der Waals surface area contributed by atoms with Gasteiger partial charge in [0.1, 0.15) is 5.82 Å². The van der Waals surface area contributed by atoms with Gasteiger partial charge in [0.25, 0.3) is 0 Å². The molecule has 4 rings (SSSR count). The molecule has 0 radical (unpaired) electrons. The van der Waals surface area contributed by atoms with Gasteiger partial charge in [-0.15, -0.1) is 0 Å². The van der Waals surface area contributed by atoms with Gasteiger partial charge >= 0.3 is 0 Å². The Kier molecular flexibility index (Phi) is 5.09. The molecular formula is C22H24N6. The lowest BCUT2D eigenvalue weighted by molar-refractivity contribution is 0.209. The van der Waals surface area contributed by atoms with Gasteiger partial charge < -0.3 is 4.90 Å². The molecule has 0 unspecified atom stereocenters. The molecule has 3 heterocycles. The van der Waals surface area contributed by atoms with Crippen molar-refractivity contribution in [2.24, 2.45) is 0 Å². The van der Waals surface area contributed by atoms with E-state index in [0.29, 0.717) is 11.6 Å². The maximum Gasteiger partial charge on any atom is 0.128 e. The van der Waals surface area contributed by atoms with Gasteiger partial charge in [0.05, 0.1) is 23.0 Å². The Hall–Kier alpha value is -3.17.